The molecule has 0 saturated carbocycles. The molecule has 7 nitrogen and oxygen atoms in total. The van der Waals surface area contributed by atoms with Gasteiger partial charge in [-0.3, -0.25) is 4.79 Å². The van der Waals surface area contributed by atoms with Crippen molar-refractivity contribution in [1.29, 1.82) is 0 Å². The molecule has 0 fully saturated rings. The number of carboxylic acids is 1. The number of nitrogens with one attached hydrogen (secondary N) is 1. The quantitative estimate of drug-likeness (QED) is 0.680. The lowest BCUT2D eigenvalue weighted by atomic mass is 10.2. The zero-order valence-corrected chi connectivity index (χ0v) is 13.7. The van der Waals surface area contributed by atoms with Crippen LogP contribution in [-0.4, -0.2) is 55.9 Å². The van der Waals surface area contributed by atoms with E-state index in [-0.39, 0.29) is 12.6 Å². The smallest absolute Gasteiger partial charge is 0.321 e. The summed E-state index contributed by atoms with van der Waals surface area (Å²) in [7, 11) is 3.19. The number of nitrogens with zero attached hydrogens (tertiary/aromatic N) is 1. The SMILES string of the molecule is COCCCOc1cccc(NC(=O)N(C)CC(C)C(=O)O)c1. The third kappa shape index (κ3) is 7.01. The molecule has 23 heavy (non-hydrogen) atoms. The molecular formula is C16H24N2O5. The molecule has 0 aliphatic rings. The molecular weight excluding hydrogens is 300 g/mol. The maximum Gasteiger partial charge on any atom is 0.321 e. The lowest BCUT2D eigenvalue weighted by molar-refractivity contribution is -0.141. The van der Waals surface area contributed by atoms with Gasteiger partial charge in [-0.2, -0.15) is 0 Å². The first-order chi connectivity index (χ1) is 10.9. The third-order valence-electron chi connectivity index (χ3n) is 3.16. The first kappa shape index (κ1) is 18.8. The van der Waals surface area contributed by atoms with Crippen LogP contribution in [0.15, 0.2) is 24.3 Å². The largest absolute Gasteiger partial charge is 0.493 e. The highest BCUT2D eigenvalue weighted by Crippen LogP contribution is 2.18. The second-order valence-corrected chi connectivity index (χ2v) is 5.27. The molecule has 1 aromatic carbocycles. The van der Waals surface area contributed by atoms with E-state index in [4.69, 9.17) is 14.6 Å². The van der Waals surface area contributed by atoms with Crippen LogP contribution in [0.3, 0.4) is 0 Å². The Morgan fingerprint density at radius 1 is 1.35 bits per heavy atom. The summed E-state index contributed by atoms with van der Waals surface area (Å²) in [6, 6.07) is 6.68. The summed E-state index contributed by atoms with van der Waals surface area (Å²) in [5, 5.41) is 11.6. The van der Waals surface area contributed by atoms with Crippen LogP contribution < -0.4 is 10.1 Å². The van der Waals surface area contributed by atoms with E-state index in [9.17, 15) is 9.59 Å². The van der Waals surface area contributed by atoms with Crippen molar-refractivity contribution < 1.29 is 24.2 Å². The number of amides is 2. The molecule has 0 saturated heterocycles. The minimum Gasteiger partial charge on any atom is -0.493 e. The number of carboxylic acid groups (broad SMARTS) is 1. The Labute approximate surface area is 136 Å². The summed E-state index contributed by atoms with van der Waals surface area (Å²) in [5.74, 6) is -0.905. The second-order valence-electron chi connectivity index (χ2n) is 5.27. The summed E-state index contributed by atoms with van der Waals surface area (Å²) >= 11 is 0. The zero-order chi connectivity index (χ0) is 17.2. The first-order valence-corrected chi connectivity index (χ1v) is 7.40. The highest BCUT2D eigenvalue weighted by Gasteiger charge is 2.17. The maximum atomic E-state index is 12.0. The predicted molar refractivity (Wildman–Crippen MR) is 86.9 cm³/mol. The van der Waals surface area contributed by atoms with Gasteiger partial charge in [-0.25, -0.2) is 4.79 Å². The number of hydrogen-bond donors (Lipinski definition) is 2. The molecule has 0 aliphatic carbocycles. The van der Waals surface area contributed by atoms with Gasteiger partial charge in [0, 0.05) is 45.5 Å². The maximum absolute atomic E-state index is 12.0. The topological polar surface area (TPSA) is 88.1 Å². The number of anilines is 1. The number of urea groups is 1. The standard InChI is InChI=1S/C16H24N2O5/c1-12(15(19)20)11-18(2)16(21)17-13-6-4-7-14(10-13)23-9-5-8-22-3/h4,6-7,10,12H,5,8-9,11H2,1-3H3,(H,17,21)(H,19,20). The fraction of sp³-hybridized carbons (Fsp3) is 0.500. The zero-order valence-electron chi connectivity index (χ0n) is 13.7. The number of hydrogen-bond acceptors (Lipinski definition) is 4. The first-order valence-electron chi connectivity index (χ1n) is 7.40. The highest BCUT2D eigenvalue weighted by atomic mass is 16.5. The van der Waals surface area contributed by atoms with Gasteiger partial charge < -0.3 is 24.8 Å². The Morgan fingerprint density at radius 2 is 2.09 bits per heavy atom. The van der Waals surface area contributed by atoms with Crippen LogP contribution in [0.2, 0.25) is 0 Å². The molecule has 0 radical (unpaired) electrons. The van der Waals surface area contributed by atoms with Crippen LogP contribution in [-0.2, 0) is 9.53 Å². The molecule has 7 heteroatoms. The van der Waals surface area contributed by atoms with Crippen LogP contribution >= 0.6 is 0 Å². The van der Waals surface area contributed by atoms with Crippen LogP contribution in [0.1, 0.15) is 13.3 Å². The van der Waals surface area contributed by atoms with Gasteiger partial charge in [0.1, 0.15) is 5.75 Å². The monoisotopic (exact) mass is 324 g/mol. The van der Waals surface area contributed by atoms with Gasteiger partial charge in [-0.15, -0.1) is 0 Å². The average molecular weight is 324 g/mol. The van der Waals surface area contributed by atoms with E-state index in [1.54, 1.807) is 45.3 Å². The van der Waals surface area contributed by atoms with E-state index in [1.165, 1.54) is 4.90 Å². The fourth-order valence-electron chi connectivity index (χ4n) is 1.85. The van der Waals surface area contributed by atoms with Crippen LogP contribution in [0, 0.1) is 5.92 Å². The number of benzene rings is 1. The normalized spacial score (nSPS) is 11.6. The molecule has 0 aromatic heterocycles. The van der Waals surface area contributed by atoms with Gasteiger partial charge >= 0.3 is 12.0 Å². The minimum atomic E-state index is -0.934. The summed E-state index contributed by atoms with van der Waals surface area (Å²) < 4.78 is 10.5. The molecule has 128 valence electrons. The van der Waals surface area contributed by atoms with Crippen molar-refractivity contribution in [2.45, 2.75) is 13.3 Å². The fourth-order valence-corrected chi connectivity index (χ4v) is 1.85. The number of methoxy groups -OCH3 is 1. The summed E-state index contributed by atoms with van der Waals surface area (Å²) in [6.45, 7) is 2.85. The van der Waals surface area contributed by atoms with Crippen LogP contribution in [0.5, 0.6) is 5.75 Å². The van der Waals surface area contributed by atoms with E-state index in [0.717, 1.165) is 6.42 Å². The van der Waals surface area contributed by atoms with Gasteiger partial charge in [0.15, 0.2) is 0 Å². The molecule has 1 atom stereocenters. The van der Waals surface area contributed by atoms with Crippen molar-refractivity contribution in [2.24, 2.45) is 5.92 Å². The van der Waals surface area contributed by atoms with Crippen molar-refractivity contribution in [2.75, 3.05) is 39.2 Å². The molecule has 0 aliphatic heterocycles. The summed E-state index contributed by atoms with van der Waals surface area (Å²) in [6.07, 6.45) is 0.781. The van der Waals surface area contributed by atoms with Crippen molar-refractivity contribution in [3.8, 4) is 5.75 Å². The van der Waals surface area contributed by atoms with Crippen LogP contribution in [0.25, 0.3) is 0 Å². The van der Waals surface area contributed by atoms with E-state index in [0.29, 0.717) is 24.7 Å². The molecule has 1 aromatic rings. The summed E-state index contributed by atoms with van der Waals surface area (Å²) in [5.41, 5.74) is 0.592. The number of ether oxygens (including phenoxy) is 2. The van der Waals surface area contributed by atoms with E-state index < -0.39 is 11.9 Å². The molecule has 2 N–H and O–H groups in total. The van der Waals surface area contributed by atoms with E-state index in [2.05, 4.69) is 5.32 Å². The Balaban J connectivity index is 2.52. The number of aliphatic carboxylic acids is 1. The molecule has 0 heterocycles. The Hall–Kier alpha value is -2.28. The Bertz CT molecular complexity index is 521. The number of carbonyl (C=O) groups excluding carboxylic acids is 1. The van der Waals surface area contributed by atoms with Gasteiger partial charge in [0.05, 0.1) is 12.5 Å². The van der Waals surface area contributed by atoms with Gasteiger partial charge in [-0.05, 0) is 12.1 Å². The molecule has 2 amide bonds. The van der Waals surface area contributed by atoms with Crippen molar-refractivity contribution >= 4 is 17.7 Å². The lowest BCUT2D eigenvalue weighted by Crippen LogP contribution is -2.36. The molecule has 1 rings (SSSR count). The molecule has 0 spiro atoms. The highest BCUT2D eigenvalue weighted by molar-refractivity contribution is 5.89. The van der Waals surface area contributed by atoms with E-state index >= 15 is 0 Å². The van der Waals surface area contributed by atoms with Crippen molar-refractivity contribution in [3.63, 3.8) is 0 Å². The van der Waals surface area contributed by atoms with Crippen molar-refractivity contribution in [3.05, 3.63) is 24.3 Å². The van der Waals surface area contributed by atoms with Gasteiger partial charge in [0.25, 0.3) is 0 Å². The van der Waals surface area contributed by atoms with Crippen molar-refractivity contribution in [1.82, 2.24) is 4.90 Å². The molecule has 1 unspecified atom stereocenters. The number of carbonyl (C=O) groups is 2. The molecule has 0 bridgehead atoms. The predicted octanol–water partition coefficient (Wildman–Crippen LogP) is 2.29. The Kier molecular flexibility index (Phi) is 7.90. The summed E-state index contributed by atoms with van der Waals surface area (Å²) in [4.78, 5) is 24.2. The van der Waals surface area contributed by atoms with Gasteiger partial charge in [-0.1, -0.05) is 13.0 Å². The third-order valence-corrected chi connectivity index (χ3v) is 3.16. The second kappa shape index (κ2) is 9.68. The minimum absolute atomic E-state index is 0.133. The number of rotatable bonds is 9. The van der Waals surface area contributed by atoms with E-state index in [1.807, 2.05) is 0 Å². The van der Waals surface area contributed by atoms with Crippen LogP contribution in [0.4, 0.5) is 10.5 Å². The lowest BCUT2D eigenvalue weighted by Gasteiger charge is -2.20. The average Bonchev–Trinajstić information content (AvgIpc) is 2.51. The Morgan fingerprint density at radius 3 is 2.74 bits per heavy atom. The van der Waals surface area contributed by atoms with Gasteiger partial charge in [0.2, 0.25) is 0 Å².